The van der Waals surface area contributed by atoms with Gasteiger partial charge in [0.25, 0.3) is 0 Å². The van der Waals surface area contributed by atoms with Crippen LogP contribution in [-0.2, 0) is 52.6 Å². The topological polar surface area (TPSA) is 369 Å². The number of unbranched alkanes of at least 4 members (excludes halogenated alkanes) is 40. The average molecular weight is 1490 g/mol. The van der Waals surface area contributed by atoms with E-state index in [0.29, 0.717) is 103 Å². The Labute approximate surface area is 635 Å². The van der Waals surface area contributed by atoms with Crippen LogP contribution in [0.5, 0.6) is 0 Å². The molecule has 0 saturated carbocycles. The molecule has 0 rings (SSSR count). The molecule has 0 aromatic rings. The number of hydrogen-bond donors (Lipinski definition) is 11. The van der Waals surface area contributed by atoms with Crippen LogP contribution < -0.4 is 54.8 Å². The highest BCUT2D eigenvalue weighted by Crippen LogP contribution is 2.19. The number of hydrogen-bond acceptors (Lipinski definition) is 17. The van der Waals surface area contributed by atoms with Crippen LogP contribution in [0.2, 0.25) is 0 Å². The number of aliphatic hydroxyl groups excluding tert-OH is 1. The Balaban J connectivity index is 6.58. The quantitative estimate of drug-likeness (QED) is 0.0153. The maximum Gasteiger partial charge on any atom is 0.306 e. The van der Waals surface area contributed by atoms with Crippen molar-refractivity contribution in [3.8, 4) is 0 Å². The zero-order chi connectivity index (χ0) is 76.6. The van der Waals surface area contributed by atoms with Gasteiger partial charge in [-0.05, 0) is 122 Å². The fourth-order valence-corrected chi connectivity index (χ4v) is 13.8. The Hall–Kier alpha value is -4.42. The summed E-state index contributed by atoms with van der Waals surface area (Å²) in [5.74, 6) is -4.78. The molecule has 0 aliphatic carbocycles. The van der Waals surface area contributed by atoms with Crippen molar-refractivity contribution in [3.05, 3.63) is 0 Å². The summed E-state index contributed by atoms with van der Waals surface area (Å²) in [5, 5.41) is 27.3. The Morgan fingerprint density at radius 2 is 0.635 bits per heavy atom. The molecule has 4 unspecified atom stereocenters. The van der Waals surface area contributed by atoms with E-state index in [-0.39, 0.29) is 75.1 Å². The molecule has 0 fully saturated rings. The fraction of sp³-hybridized carbons (Fsp3) is 0.889. The molecule has 0 bridgehead atoms. The van der Waals surface area contributed by atoms with Gasteiger partial charge in [0.05, 0.1) is 12.6 Å². The van der Waals surface area contributed by atoms with Crippen molar-refractivity contribution in [1.82, 2.24) is 31.9 Å². The van der Waals surface area contributed by atoms with Crippen LogP contribution in [0.3, 0.4) is 0 Å². The van der Waals surface area contributed by atoms with Crippen LogP contribution in [0.1, 0.15) is 367 Å². The number of carbonyl (C=O) groups excluding carboxylic acids is 9. The van der Waals surface area contributed by atoms with Gasteiger partial charge in [0.1, 0.15) is 49.2 Å². The van der Waals surface area contributed by atoms with Crippen LogP contribution >= 0.6 is 11.8 Å². The number of rotatable bonds is 78. The minimum absolute atomic E-state index is 0.0461. The highest BCUT2D eigenvalue weighted by atomic mass is 32.2. The van der Waals surface area contributed by atoms with Gasteiger partial charge in [-0.3, -0.25) is 38.4 Å². The molecule has 23 heteroatoms. The second kappa shape index (κ2) is 74.1. The van der Waals surface area contributed by atoms with E-state index in [1.807, 2.05) is 0 Å². The lowest BCUT2D eigenvalue weighted by atomic mass is 10.0. The van der Waals surface area contributed by atoms with Gasteiger partial charge in [0, 0.05) is 30.8 Å². The van der Waals surface area contributed by atoms with E-state index in [4.69, 9.17) is 32.4 Å². The summed E-state index contributed by atoms with van der Waals surface area (Å²) in [6, 6.07) is -7.20. The third kappa shape index (κ3) is 59.6. The number of ether oxygens (including phenoxy) is 2. The van der Waals surface area contributed by atoms with E-state index in [1.165, 1.54) is 179 Å². The van der Waals surface area contributed by atoms with Gasteiger partial charge >= 0.3 is 11.9 Å². The standard InChI is InChI=1S/C81H156N10O12S/c1-4-7-10-13-16-19-22-25-28-31-34-37-40-55-74(94)87-73(66-104-65-68(103-76(96)57-42-39-36-33-30-27-24-21-18-15-12-9-6-3)64-102-75(95)56-41-38-35-32-29-26-23-20-17-14-11-8-5-2)81(101)91-72(63-93)80(100)90-71(54-46-50-61-85)79(99)89-70(53-45-49-60-84)78(98)88-69(52-44-48-59-83)77(97)86-67(62-92)51-43-47-58-82/h62,67-73,93H,4-61,63-66,82-85H2,1-3H3,(H,86,97)(H,87,94)(H,88,98)(H,89,99)(H,90,100)(H,91,101)/t67-,68?,69?,70-,71?,72-,73?/m0/s1. The number of carbonyl (C=O) groups is 9. The first-order chi connectivity index (χ1) is 50.7. The molecule has 15 N–H and O–H groups in total. The van der Waals surface area contributed by atoms with Gasteiger partial charge in [-0.25, -0.2) is 0 Å². The summed E-state index contributed by atoms with van der Waals surface area (Å²) in [6.07, 6.45) is 50.4. The molecular formula is C81H156N10O12S. The van der Waals surface area contributed by atoms with Crippen molar-refractivity contribution in [1.29, 1.82) is 0 Å². The predicted octanol–water partition coefficient (Wildman–Crippen LogP) is 13.2. The molecule has 0 aliphatic heterocycles. The SMILES string of the molecule is CCCCCCCCCCCCCCCC(=O)NC(CSCC(COC(=O)CCCCCCCCCCCCCCC)OC(=O)CCCCCCCCCCCCCCC)C(=O)N[C@@H](CO)C(=O)NC(CCCCN)C(=O)N[C@@H](CCCCN)C(=O)NC(CCCCN)C(=O)N[C@H](C=O)CCCCN. The number of esters is 2. The number of amides is 6. The van der Waals surface area contributed by atoms with Crippen LogP contribution in [0.25, 0.3) is 0 Å². The van der Waals surface area contributed by atoms with Gasteiger partial charge in [-0.15, -0.1) is 0 Å². The third-order valence-electron chi connectivity index (χ3n) is 19.5. The third-order valence-corrected chi connectivity index (χ3v) is 20.6. The summed E-state index contributed by atoms with van der Waals surface area (Å²) in [5.41, 5.74) is 23.1. The average Bonchev–Trinajstić information content (AvgIpc) is 0.866. The molecule has 0 aromatic heterocycles. The van der Waals surface area contributed by atoms with Crippen LogP contribution in [-0.4, -0.2) is 152 Å². The lowest BCUT2D eigenvalue weighted by molar-refractivity contribution is -0.157. The molecule has 0 spiro atoms. The van der Waals surface area contributed by atoms with Gasteiger partial charge < -0.3 is 74.2 Å². The lowest BCUT2D eigenvalue weighted by Crippen LogP contribution is -2.60. The minimum atomic E-state index is -1.60. The molecule has 0 radical (unpaired) electrons. The summed E-state index contributed by atoms with van der Waals surface area (Å²) in [7, 11) is 0. The molecule has 104 heavy (non-hydrogen) atoms. The normalized spacial score (nSPS) is 13.4. The molecule has 0 heterocycles. The zero-order valence-electron chi connectivity index (χ0n) is 66.1. The van der Waals surface area contributed by atoms with Crippen molar-refractivity contribution in [2.45, 2.75) is 410 Å². The molecule has 22 nitrogen and oxygen atoms in total. The molecule has 0 aliphatic rings. The first kappa shape index (κ1) is 99.6. The van der Waals surface area contributed by atoms with E-state index in [1.54, 1.807) is 0 Å². The van der Waals surface area contributed by atoms with Crippen molar-refractivity contribution in [2.75, 3.05) is 50.9 Å². The van der Waals surface area contributed by atoms with Gasteiger partial charge in [-0.2, -0.15) is 11.8 Å². The number of nitrogens with two attached hydrogens (primary N) is 4. The molecule has 0 saturated heterocycles. The van der Waals surface area contributed by atoms with E-state index >= 15 is 0 Å². The Morgan fingerprint density at radius 3 is 0.981 bits per heavy atom. The van der Waals surface area contributed by atoms with E-state index in [2.05, 4.69) is 52.7 Å². The number of thioether (sulfide) groups is 1. The van der Waals surface area contributed by atoms with Crippen LogP contribution in [0.15, 0.2) is 0 Å². The summed E-state index contributed by atoms with van der Waals surface area (Å²) in [4.78, 5) is 124. The zero-order valence-corrected chi connectivity index (χ0v) is 66.9. The molecular weight excluding hydrogens is 1340 g/mol. The van der Waals surface area contributed by atoms with E-state index in [9.17, 15) is 48.3 Å². The number of aldehydes is 1. The lowest BCUT2D eigenvalue weighted by Gasteiger charge is -2.27. The van der Waals surface area contributed by atoms with Gasteiger partial charge in [-0.1, -0.05) is 252 Å². The van der Waals surface area contributed by atoms with Crippen LogP contribution in [0.4, 0.5) is 0 Å². The van der Waals surface area contributed by atoms with Crippen LogP contribution in [0, 0.1) is 0 Å². The molecule has 7 atom stereocenters. The largest absolute Gasteiger partial charge is 0.462 e. The smallest absolute Gasteiger partial charge is 0.306 e. The first-order valence-electron chi connectivity index (χ1n) is 42.3. The highest BCUT2D eigenvalue weighted by molar-refractivity contribution is 7.99. The van der Waals surface area contributed by atoms with E-state index < -0.39 is 84.5 Å². The van der Waals surface area contributed by atoms with Crippen molar-refractivity contribution >= 4 is 65.4 Å². The van der Waals surface area contributed by atoms with Crippen molar-refractivity contribution in [2.24, 2.45) is 22.9 Å². The summed E-state index contributed by atoms with van der Waals surface area (Å²) < 4.78 is 11.8. The van der Waals surface area contributed by atoms with Gasteiger partial charge in [0.2, 0.25) is 35.4 Å². The summed E-state index contributed by atoms with van der Waals surface area (Å²) in [6.45, 7) is 7.00. The molecule has 0 aromatic carbocycles. The Morgan fingerprint density at radius 1 is 0.337 bits per heavy atom. The maximum absolute atomic E-state index is 14.5. The number of nitrogens with one attached hydrogen (secondary N) is 6. The minimum Gasteiger partial charge on any atom is -0.462 e. The Kier molecular flexibility index (Phi) is 70.9. The van der Waals surface area contributed by atoms with Crippen molar-refractivity contribution < 1.29 is 57.7 Å². The Bertz CT molecular complexity index is 2120. The monoisotopic (exact) mass is 1490 g/mol. The predicted molar refractivity (Wildman–Crippen MR) is 425 cm³/mol. The second-order valence-electron chi connectivity index (χ2n) is 29.2. The summed E-state index contributed by atoms with van der Waals surface area (Å²) >= 11 is 1.21. The van der Waals surface area contributed by atoms with E-state index in [0.717, 1.165) is 64.2 Å². The second-order valence-corrected chi connectivity index (χ2v) is 30.3. The number of aliphatic hydroxyl groups is 1. The first-order valence-corrected chi connectivity index (χ1v) is 43.4. The molecule has 6 amide bonds. The van der Waals surface area contributed by atoms with Gasteiger partial charge in [0.15, 0.2) is 0 Å². The highest BCUT2D eigenvalue weighted by Gasteiger charge is 2.33. The molecule has 608 valence electrons. The van der Waals surface area contributed by atoms with Crippen molar-refractivity contribution in [3.63, 3.8) is 0 Å². The fourth-order valence-electron chi connectivity index (χ4n) is 12.8. The maximum atomic E-state index is 14.5.